The van der Waals surface area contributed by atoms with Crippen LogP contribution in [0.2, 0.25) is 4.34 Å². The van der Waals surface area contributed by atoms with Crippen LogP contribution in [0.5, 0.6) is 0 Å². The molecule has 0 fully saturated rings. The van der Waals surface area contributed by atoms with Crippen LogP contribution in [-0.2, 0) is 13.0 Å². The van der Waals surface area contributed by atoms with Gasteiger partial charge in [-0.3, -0.25) is 4.68 Å². The highest BCUT2D eigenvalue weighted by atomic mass is 35.5. The number of halogens is 1. The summed E-state index contributed by atoms with van der Waals surface area (Å²) in [5.41, 5.74) is 7.27. The van der Waals surface area contributed by atoms with Crippen LogP contribution in [0.3, 0.4) is 0 Å². The lowest BCUT2D eigenvalue weighted by Gasteiger charge is -2.06. The molecule has 2 aromatic heterocycles. The van der Waals surface area contributed by atoms with Gasteiger partial charge in [0.15, 0.2) is 0 Å². The van der Waals surface area contributed by atoms with Crippen LogP contribution >= 0.6 is 22.9 Å². The molecule has 0 aliphatic heterocycles. The Balaban J connectivity index is 2.04. The predicted octanol–water partition coefficient (Wildman–Crippen LogP) is 2.86. The van der Waals surface area contributed by atoms with Crippen molar-refractivity contribution in [1.29, 1.82) is 0 Å². The van der Waals surface area contributed by atoms with Gasteiger partial charge in [0.05, 0.1) is 10.5 Å². The molecule has 0 amide bonds. The Kier molecular flexibility index (Phi) is 3.63. The van der Waals surface area contributed by atoms with Crippen molar-refractivity contribution in [1.82, 2.24) is 9.78 Å². The van der Waals surface area contributed by atoms with Crippen LogP contribution in [0.15, 0.2) is 24.5 Å². The van der Waals surface area contributed by atoms with E-state index in [0.717, 1.165) is 22.2 Å². The van der Waals surface area contributed by atoms with Crippen molar-refractivity contribution >= 4 is 22.9 Å². The van der Waals surface area contributed by atoms with Gasteiger partial charge >= 0.3 is 0 Å². The van der Waals surface area contributed by atoms with Gasteiger partial charge in [0.25, 0.3) is 0 Å². The zero-order chi connectivity index (χ0) is 11.5. The quantitative estimate of drug-likeness (QED) is 0.913. The normalized spacial score (nSPS) is 12.9. The summed E-state index contributed by atoms with van der Waals surface area (Å²) in [7, 11) is 0. The second-order valence-corrected chi connectivity index (χ2v) is 5.40. The Bertz CT molecular complexity index is 463. The molecule has 1 unspecified atom stereocenters. The molecule has 2 rings (SSSR count). The first kappa shape index (κ1) is 11.6. The lowest BCUT2D eigenvalue weighted by Crippen LogP contribution is -2.11. The molecule has 0 saturated carbocycles. The van der Waals surface area contributed by atoms with Gasteiger partial charge in [0, 0.05) is 23.7 Å². The van der Waals surface area contributed by atoms with Crippen LogP contribution in [0, 0.1) is 0 Å². The first-order chi connectivity index (χ1) is 7.69. The van der Waals surface area contributed by atoms with Crippen molar-refractivity contribution in [3.8, 4) is 0 Å². The van der Waals surface area contributed by atoms with Gasteiger partial charge in [-0.2, -0.15) is 5.10 Å². The Morgan fingerprint density at radius 1 is 1.56 bits per heavy atom. The highest BCUT2D eigenvalue weighted by Gasteiger charge is 2.10. The summed E-state index contributed by atoms with van der Waals surface area (Å²) in [6.45, 7) is 2.95. The highest BCUT2D eigenvalue weighted by Crippen LogP contribution is 2.27. The number of hydrogen-bond donors (Lipinski definition) is 1. The van der Waals surface area contributed by atoms with Gasteiger partial charge in [0.2, 0.25) is 0 Å². The third-order valence-electron chi connectivity index (χ3n) is 2.43. The number of aromatic nitrogens is 2. The molecule has 16 heavy (non-hydrogen) atoms. The van der Waals surface area contributed by atoms with Crippen molar-refractivity contribution < 1.29 is 0 Å². The number of nitrogens with zero attached hydrogens (tertiary/aromatic N) is 2. The van der Waals surface area contributed by atoms with Crippen LogP contribution in [-0.4, -0.2) is 9.78 Å². The Labute approximate surface area is 104 Å². The van der Waals surface area contributed by atoms with Gasteiger partial charge in [0.1, 0.15) is 0 Å². The zero-order valence-electron chi connectivity index (χ0n) is 9.06. The lowest BCUT2D eigenvalue weighted by atomic mass is 10.1. The fourth-order valence-corrected chi connectivity index (χ4v) is 2.63. The van der Waals surface area contributed by atoms with E-state index in [1.54, 1.807) is 11.3 Å². The SMILES string of the molecule is CCn1cc(CC(N)c2ccc(Cl)s2)cn1. The first-order valence-corrected chi connectivity index (χ1v) is 6.40. The van der Waals surface area contributed by atoms with E-state index in [0.29, 0.717) is 0 Å². The van der Waals surface area contributed by atoms with Crippen molar-refractivity contribution in [3.63, 3.8) is 0 Å². The van der Waals surface area contributed by atoms with Crippen molar-refractivity contribution in [3.05, 3.63) is 39.3 Å². The predicted molar refractivity (Wildman–Crippen MR) is 67.9 cm³/mol. The molecule has 0 aliphatic rings. The average molecular weight is 256 g/mol. The summed E-state index contributed by atoms with van der Waals surface area (Å²) in [6.07, 6.45) is 4.71. The number of hydrogen-bond acceptors (Lipinski definition) is 3. The summed E-state index contributed by atoms with van der Waals surface area (Å²) < 4.78 is 2.69. The van der Waals surface area contributed by atoms with Gasteiger partial charge in [-0.15, -0.1) is 11.3 Å². The van der Waals surface area contributed by atoms with Crippen molar-refractivity contribution in [2.24, 2.45) is 5.73 Å². The molecule has 0 radical (unpaired) electrons. The molecule has 86 valence electrons. The van der Waals surface area contributed by atoms with Crippen LogP contribution in [0.25, 0.3) is 0 Å². The second-order valence-electron chi connectivity index (χ2n) is 3.66. The molecule has 2 aromatic rings. The van der Waals surface area contributed by atoms with E-state index in [2.05, 4.69) is 12.0 Å². The molecule has 5 heteroatoms. The van der Waals surface area contributed by atoms with Gasteiger partial charge in [-0.25, -0.2) is 0 Å². The maximum Gasteiger partial charge on any atom is 0.0931 e. The fourth-order valence-electron chi connectivity index (χ4n) is 1.57. The van der Waals surface area contributed by atoms with E-state index in [-0.39, 0.29) is 6.04 Å². The molecule has 0 bridgehead atoms. The number of aryl methyl sites for hydroxylation is 1. The summed E-state index contributed by atoms with van der Waals surface area (Å²) >= 11 is 7.42. The van der Waals surface area contributed by atoms with E-state index >= 15 is 0 Å². The monoisotopic (exact) mass is 255 g/mol. The molecule has 2 heterocycles. The van der Waals surface area contributed by atoms with Gasteiger partial charge < -0.3 is 5.73 Å². The second kappa shape index (κ2) is 4.99. The molecular formula is C11H14ClN3S. The van der Waals surface area contributed by atoms with Gasteiger partial charge in [-0.1, -0.05) is 11.6 Å². The molecule has 2 N–H and O–H groups in total. The van der Waals surface area contributed by atoms with E-state index < -0.39 is 0 Å². The van der Waals surface area contributed by atoms with Crippen LogP contribution in [0.1, 0.15) is 23.4 Å². The number of thiophene rings is 1. The third-order valence-corrected chi connectivity index (χ3v) is 3.79. The van der Waals surface area contributed by atoms with Crippen LogP contribution < -0.4 is 5.73 Å². The Hall–Kier alpha value is -0.840. The molecule has 1 atom stereocenters. The molecule has 0 saturated heterocycles. The topological polar surface area (TPSA) is 43.8 Å². The molecular weight excluding hydrogens is 242 g/mol. The minimum absolute atomic E-state index is 0.00649. The Morgan fingerprint density at radius 2 is 2.38 bits per heavy atom. The minimum atomic E-state index is 0.00649. The van der Waals surface area contributed by atoms with E-state index in [1.165, 1.54) is 5.56 Å². The fraction of sp³-hybridized carbons (Fsp3) is 0.364. The molecule has 0 spiro atoms. The minimum Gasteiger partial charge on any atom is -0.323 e. The van der Waals surface area contributed by atoms with E-state index in [9.17, 15) is 0 Å². The van der Waals surface area contributed by atoms with E-state index in [1.807, 2.05) is 29.2 Å². The molecule has 0 aliphatic carbocycles. The van der Waals surface area contributed by atoms with E-state index in [4.69, 9.17) is 17.3 Å². The average Bonchev–Trinajstić information content (AvgIpc) is 2.87. The Morgan fingerprint density at radius 3 is 2.94 bits per heavy atom. The highest BCUT2D eigenvalue weighted by molar-refractivity contribution is 7.16. The number of rotatable bonds is 4. The third kappa shape index (κ3) is 2.64. The largest absolute Gasteiger partial charge is 0.323 e. The smallest absolute Gasteiger partial charge is 0.0931 e. The maximum atomic E-state index is 6.11. The lowest BCUT2D eigenvalue weighted by molar-refractivity contribution is 0.657. The summed E-state index contributed by atoms with van der Waals surface area (Å²) in [5, 5.41) is 4.23. The summed E-state index contributed by atoms with van der Waals surface area (Å²) in [6, 6.07) is 3.88. The van der Waals surface area contributed by atoms with Gasteiger partial charge in [-0.05, 0) is 31.0 Å². The van der Waals surface area contributed by atoms with Crippen LogP contribution in [0.4, 0.5) is 0 Å². The molecule has 0 aromatic carbocycles. The molecule has 3 nitrogen and oxygen atoms in total. The summed E-state index contributed by atoms with van der Waals surface area (Å²) in [5.74, 6) is 0. The first-order valence-electron chi connectivity index (χ1n) is 5.21. The summed E-state index contributed by atoms with van der Waals surface area (Å²) in [4.78, 5) is 1.12. The van der Waals surface area contributed by atoms with Crippen molar-refractivity contribution in [2.45, 2.75) is 25.9 Å². The standard InChI is InChI=1S/C11H14ClN3S/c1-2-15-7-8(6-14-15)5-9(13)10-3-4-11(12)16-10/h3-4,6-7,9H,2,5,13H2,1H3. The maximum absolute atomic E-state index is 6.11. The zero-order valence-corrected chi connectivity index (χ0v) is 10.6. The van der Waals surface area contributed by atoms with Crippen molar-refractivity contribution in [2.75, 3.05) is 0 Å². The number of nitrogens with two attached hydrogens (primary N) is 1.